The van der Waals surface area contributed by atoms with Crippen LogP contribution in [0.25, 0.3) is 0 Å². The van der Waals surface area contributed by atoms with Gasteiger partial charge in [0.2, 0.25) is 0 Å². The quantitative estimate of drug-likeness (QED) is 0.583. The minimum Gasteiger partial charge on any atom is -0.371 e. The van der Waals surface area contributed by atoms with Crippen molar-refractivity contribution in [1.82, 2.24) is 5.32 Å². The third kappa shape index (κ3) is 7.69. The monoisotopic (exact) mass is 173 g/mol. The Labute approximate surface area is 74.5 Å². The average molecular weight is 173 g/mol. The van der Waals surface area contributed by atoms with Gasteiger partial charge in [0.05, 0.1) is 6.10 Å². The van der Waals surface area contributed by atoms with Crippen LogP contribution < -0.4 is 5.32 Å². The minimum atomic E-state index is 0.146. The van der Waals surface area contributed by atoms with Crippen LogP contribution in [-0.2, 0) is 9.53 Å². The molecule has 0 fully saturated rings. The zero-order chi connectivity index (χ0) is 9.40. The topological polar surface area (TPSA) is 38.3 Å². The van der Waals surface area contributed by atoms with Crippen molar-refractivity contribution in [1.29, 1.82) is 0 Å². The number of ether oxygens (including phenoxy) is 1. The molecule has 0 aliphatic rings. The number of Topliss-reactive ketones (excluding diaryl/α,β-unsaturated/α-hetero) is 1. The van der Waals surface area contributed by atoms with Gasteiger partial charge in [0.25, 0.3) is 0 Å². The maximum atomic E-state index is 11.1. The fraction of sp³-hybridized carbons (Fsp3) is 0.889. The van der Waals surface area contributed by atoms with Gasteiger partial charge in [-0.3, -0.25) is 4.79 Å². The van der Waals surface area contributed by atoms with E-state index in [9.17, 15) is 4.79 Å². The van der Waals surface area contributed by atoms with Crippen molar-refractivity contribution < 1.29 is 9.53 Å². The average Bonchev–Trinajstić information content (AvgIpc) is 2.01. The molecule has 0 radical (unpaired) electrons. The van der Waals surface area contributed by atoms with Crippen molar-refractivity contribution in [3.05, 3.63) is 0 Å². The second kappa shape index (κ2) is 7.25. The van der Waals surface area contributed by atoms with Crippen LogP contribution >= 0.6 is 0 Å². The molecule has 0 aromatic carbocycles. The Balaban J connectivity index is 3.22. The Bertz CT molecular complexity index is 124. The second-order valence-electron chi connectivity index (χ2n) is 3.00. The number of nitrogens with one attached hydrogen (secondary N) is 1. The fourth-order valence-electron chi connectivity index (χ4n) is 0.736. The van der Waals surface area contributed by atoms with E-state index in [2.05, 4.69) is 5.32 Å². The number of hydrogen-bond donors (Lipinski definition) is 1. The van der Waals surface area contributed by atoms with Gasteiger partial charge in [0, 0.05) is 13.0 Å². The molecule has 0 aromatic heterocycles. The number of hydrogen-bond acceptors (Lipinski definition) is 3. The number of ketones is 1. The Kier molecular flexibility index (Phi) is 7.00. The van der Waals surface area contributed by atoms with E-state index >= 15 is 0 Å². The highest BCUT2D eigenvalue weighted by Crippen LogP contribution is 1.89. The van der Waals surface area contributed by atoms with Gasteiger partial charge in [-0.25, -0.2) is 0 Å². The van der Waals surface area contributed by atoms with Gasteiger partial charge in [0.1, 0.15) is 6.61 Å². The molecule has 0 aliphatic heterocycles. The van der Waals surface area contributed by atoms with Crippen LogP contribution in [0.2, 0.25) is 0 Å². The largest absolute Gasteiger partial charge is 0.371 e. The van der Waals surface area contributed by atoms with E-state index < -0.39 is 0 Å². The smallest absolute Gasteiger partial charge is 0.159 e. The summed E-state index contributed by atoms with van der Waals surface area (Å²) in [6.45, 7) is 7.81. The summed E-state index contributed by atoms with van der Waals surface area (Å²) in [5, 5.41) is 3.09. The van der Waals surface area contributed by atoms with Gasteiger partial charge in [-0.1, -0.05) is 6.92 Å². The van der Waals surface area contributed by atoms with Gasteiger partial charge in [-0.05, 0) is 20.4 Å². The number of rotatable bonds is 7. The summed E-state index contributed by atoms with van der Waals surface area (Å²) in [5.41, 5.74) is 0. The molecule has 0 spiro atoms. The summed E-state index contributed by atoms with van der Waals surface area (Å²) >= 11 is 0. The van der Waals surface area contributed by atoms with Crippen LogP contribution in [0.1, 0.15) is 27.2 Å². The predicted molar refractivity (Wildman–Crippen MR) is 49.3 cm³/mol. The van der Waals surface area contributed by atoms with Gasteiger partial charge < -0.3 is 10.1 Å². The molecule has 1 N–H and O–H groups in total. The van der Waals surface area contributed by atoms with E-state index in [4.69, 9.17) is 4.74 Å². The second-order valence-corrected chi connectivity index (χ2v) is 3.00. The van der Waals surface area contributed by atoms with Crippen LogP contribution in [-0.4, -0.2) is 31.6 Å². The first-order chi connectivity index (χ1) is 5.66. The first-order valence-corrected chi connectivity index (χ1v) is 4.50. The summed E-state index contributed by atoms with van der Waals surface area (Å²) < 4.78 is 5.16. The summed E-state index contributed by atoms with van der Waals surface area (Å²) in [6.07, 6.45) is 0.716. The van der Waals surface area contributed by atoms with Crippen molar-refractivity contribution in [2.75, 3.05) is 19.7 Å². The van der Waals surface area contributed by atoms with E-state index in [1.807, 2.05) is 20.8 Å². The molecule has 0 aromatic rings. The lowest BCUT2D eigenvalue weighted by Gasteiger charge is -2.06. The zero-order valence-corrected chi connectivity index (χ0v) is 8.22. The Morgan fingerprint density at radius 1 is 1.50 bits per heavy atom. The van der Waals surface area contributed by atoms with Crippen molar-refractivity contribution >= 4 is 5.78 Å². The molecule has 0 unspecified atom stereocenters. The number of carbonyl (C=O) groups is 1. The van der Waals surface area contributed by atoms with Gasteiger partial charge in [-0.15, -0.1) is 0 Å². The molecule has 0 bridgehead atoms. The van der Waals surface area contributed by atoms with E-state index in [-0.39, 0.29) is 18.5 Å². The first kappa shape index (κ1) is 11.6. The van der Waals surface area contributed by atoms with Crippen molar-refractivity contribution in [2.45, 2.75) is 33.3 Å². The molecule has 3 nitrogen and oxygen atoms in total. The summed E-state index contributed by atoms with van der Waals surface area (Å²) in [4.78, 5) is 11.1. The number of carbonyl (C=O) groups excluding carboxylic acids is 1. The lowest BCUT2D eigenvalue weighted by molar-refractivity contribution is -0.124. The normalized spacial score (nSPS) is 10.7. The van der Waals surface area contributed by atoms with Crippen LogP contribution in [0.3, 0.4) is 0 Å². The highest BCUT2D eigenvalue weighted by Gasteiger charge is 2.02. The van der Waals surface area contributed by atoms with Crippen LogP contribution in [0, 0.1) is 0 Å². The highest BCUT2D eigenvalue weighted by atomic mass is 16.5. The fourth-order valence-corrected chi connectivity index (χ4v) is 0.736. The van der Waals surface area contributed by atoms with Crippen LogP contribution in [0.15, 0.2) is 0 Å². The highest BCUT2D eigenvalue weighted by molar-refractivity contribution is 5.79. The van der Waals surface area contributed by atoms with Crippen LogP contribution in [0.5, 0.6) is 0 Å². The molecular formula is C9H19NO2. The Morgan fingerprint density at radius 3 is 2.67 bits per heavy atom. The minimum absolute atomic E-state index is 0.146. The molecular weight excluding hydrogens is 154 g/mol. The van der Waals surface area contributed by atoms with E-state index in [0.29, 0.717) is 6.42 Å². The molecule has 0 atom stereocenters. The summed E-state index contributed by atoms with van der Waals surface area (Å²) in [6, 6.07) is 0. The molecule has 0 saturated heterocycles. The maximum absolute atomic E-state index is 11.1. The van der Waals surface area contributed by atoms with Crippen molar-refractivity contribution in [3.63, 3.8) is 0 Å². The molecule has 0 amide bonds. The van der Waals surface area contributed by atoms with Crippen molar-refractivity contribution in [3.8, 4) is 0 Å². The van der Waals surface area contributed by atoms with E-state index in [0.717, 1.165) is 13.1 Å². The third-order valence-corrected chi connectivity index (χ3v) is 1.41. The lowest BCUT2D eigenvalue weighted by atomic mass is 10.3. The van der Waals surface area contributed by atoms with Gasteiger partial charge in [0.15, 0.2) is 5.78 Å². The molecule has 12 heavy (non-hydrogen) atoms. The predicted octanol–water partition coefficient (Wildman–Crippen LogP) is 0.980. The first-order valence-electron chi connectivity index (χ1n) is 4.50. The van der Waals surface area contributed by atoms with Gasteiger partial charge >= 0.3 is 0 Å². The zero-order valence-electron chi connectivity index (χ0n) is 8.22. The molecule has 0 aliphatic carbocycles. The Hall–Kier alpha value is -0.410. The summed E-state index contributed by atoms with van der Waals surface area (Å²) in [5.74, 6) is 0.171. The molecule has 0 saturated carbocycles. The van der Waals surface area contributed by atoms with Gasteiger partial charge in [-0.2, -0.15) is 0 Å². The third-order valence-electron chi connectivity index (χ3n) is 1.41. The molecule has 0 rings (SSSR count). The van der Waals surface area contributed by atoms with Crippen LogP contribution in [0.4, 0.5) is 0 Å². The maximum Gasteiger partial charge on any atom is 0.159 e. The molecule has 72 valence electrons. The Morgan fingerprint density at radius 2 is 2.17 bits per heavy atom. The standard InChI is InChI=1S/C9H19NO2/c1-4-10-6-5-9(11)7-12-8(2)3/h8,10H,4-7H2,1-3H3. The van der Waals surface area contributed by atoms with E-state index in [1.165, 1.54) is 0 Å². The SMILES string of the molecule is CCNCCC(=O)COC(C)C. The van der Waals surface area contributed by atoms with Crippen molar-refractivity contribution in [2.24, 2.45) is 0 Å². The lowest BCUT2D eigenvalue weighted by Crippen LogP contribution is -2.20. The summed E-state index contributed by atoms with van der Waals surface area (Å²) in [7, 11) is 0. The van der Waals surface area contributed by atoms with E-state index in [1.54, 1.807) is 0 Å². The molecule has 0 heterocycles. The molecule has 3 heteroatoms.